The fourth-order valence-corrected chi connectivity index (χ4v) is 2.28. The summed E-state index contributed by atoms with van der Waals surface area (Å²) in [5.41, 5.74) is 6.35. The lowest BCUT2D eigenvalue weighted by Gasteiger charge is -2.15. The first-order chi connectivity index (χ1) is 8.25. The van der Waals surface area contributed by atoms with Crippen LogP contribution >= 0.6 is 0 Å². The zero-order valence-corrected chi connectivity index (χ0v) is 9.36. The Morgan fingerprint density at radius 3 is 3.00 bits per heavy atom. The van der Waals surface area contributed by atoms with Gasteiger partial charge in [-0.25, -0.2) is 4.39 Å². The molecule has 0 radical (unpaired) electrons. The van der Waals surface area contributed by atoms with E-state index in [-0.39, 0.29) is 23.5 Å². The second kappa shape index (κ2) is 4.13. The summed E-state index contributed by atoms with van der Waals surface area (Å²) >= 11 is 0. The average molecular weight is 235 g/mol. The summed E-state index contributed by atoms with van der Waals surface area (Å²) in [7, 11) is 0. The molecule has 0 aliphatic carbocycles. The van der Waals surface area contributed by atoms with Crippen molar-refractivity contribution >= 4 is 11.0 Å². The van der Waals surface area contributed by atoms with Crippen LogP contribution in [0.25, 0.3) is 11.0 Å². The molecule has 0 spiro atoms. The molecule has 2 N–H and O–H groups in total. The predicted molar refractivity (Wildman–Crippen MR) is 62.1 cm³/mol. The number of rotatable bonds is 2. The quantitative estimate of drug-likeness (QED) is 0.870. The van der Waals surface area contributed by atoms with Crippen molar-refractivity contribution < 1.29 is 13.5 Å². The lowest BCUT2D eigenvalue weighted by molar-refractivity contribution is 0.0843. The molecular formula is C13H14FNO2. The minimum Gasteiger partial charge on any atom is -0.456 e. The van der Waals surface area contributed by atoms with Crippen LogP contribution in [0.15, 0.2) is 28.7 Å². The molecule has 2 atom stereocenters. The van der Waals surface area contributed by atoms with Crippen molar-refractivity contribution in [2.75, 3.05) is 6.61 Å². The Hall–Kier alpha value is -1.39. The molecule has 4 heteroatoms. The highest BCUT2D eigenvalue weighted by Gasteiger charge is 2.27. The van der Waals surface area contributed by atoms with Crippen molar-refractivity contribution in [3.8, 4) is 0 Å². The second-order valence-electron chi connectivity index (χ2n) is 4.38. The number of furan rings is 1. The summed E-state index contributed by atoms with van der Waals surface area (Å²) in [5, 5.41) is 0.744. The fourth-order valence-electron chi connectivity index (χ4n) is 2.28. The summed E-state index contributed by atoms with van der Waals surface area (Å²) in [6, 6.07) is 6.34. The Bertz CT molecular complexity index is 531. The minimum atomic E-state index is -0.353. The minimum absolute atomic E-state index is 0.0152. The summed E-state index contributed by atoms with van der Waals surface area (Å²) in [4.78, 5) is 0. The van der Waals surface area contributed by atoms with E-state index in [9.17, 15) is 4.39 Å². The van der Waals surface area contributed by atoms with Crippen LogP contribution in [0.4, 0.5) is 4.39 Å². The van der Waals surface area contributed by atoms with Crippen molar-refractivity contribution in [1.82, 2.24) is 0 Å². The largest absolute Gasteiger partial charge is 0.456 e. The van der Waals surface area contributed by atoms with Crippen LogP contribution in [0.5, 0.6) is 0 Å². The lowest BCUT2D eigenvalue weighted by Crippen LogP contribution is -2.24. The van der Waals surface area contributed by atoms with Gasteiger partial charge in [-0.2, -0.15) is 0 Å². The van der Waals surface area contributed by atoms with E-state index in [2.05, 4.69) is 0 Å². The van der Waals surface area contributed by atoms with Gasteiger partial charge in [0, 0.05) is 12.0 Å². The molecular weight excluding hydrogens is 221 g/mol. The predicted octanol–water partition coefficient (Wildman–Crippen LogP) is 2.75. The van der Waals surface area contributed by atoms with Gasteiger partial charge in [0.05, 0.1) is 12.1 Å². The number of hydrogen-bond donors (Lipinski definition) is 1. The smallest absolute Gasteiger partial charge is 0.169 e. The molecule has 0 saturated carbocycles. The van der Waals surface area contributed by atoms with Gasteiger partial charge in [-0.1, -0.05) is 12.1 Å². The van der Waals surface area contributed by atoms with Gasteiger partial charge in [0.1, 0.15) is 5.76 Å². The van der Waals surface area contributed by atoms with E-state index in [1.807, 2.05) is 6.07 Å². The van der Waals surface area contributed by atoms with Crippen LogP contribution in [-0.4, -0.2) is 12.7 Å². The Morgan fingerprint density at radius 1 is 1.41 bits per heavy atom. The maximum absolute atomic E-state index is 13.5. The molecule has 3 rings (SSSR count). The first-order valence-corrected chi connectivity index (χ1v) is 5.81. The first kappa shape index (κ1) is 10.7. The number of para-hydroxylation sites is 1. The highest BCUT2D eigenvalue weighted by Crippen LogP contribution is 2.30. The number of ether oxygens (including phenoxy) is 1. The molecule has 2 heterocycles. The van der Waals surface area contributed by atoms with Crippen molar-refractivity contribution in [2.45, 2.75) is 25.0 Å². The third kappa shape index (κ3) is 1.83. The summed E-state index contributed by atoms with van der Waals surface area (Å²) in [6.07, 6.45) is 1.94. The first-order valence-electron chi connectivity index (χ1n) is 5.81. The Labute approximate surface area is 98.3 Å². The van der Waals surface area contributed by atoms with E-state index in [4.69, 9.17) is 14.9 Å². The van der Waals surface area contributed by atoms with Gasteiger partial charge in [-0.3, -0.25) is 0 Å². The molecule has 90 valence electrons. The Balaban J connectivity index is 1.97. The summed E-state index contributed by atoms with van der Waals surface area (Å²) in [6.45, 7) is 0.743. The standard InChI is InChI=1S/C13H14FNO2/c14-9-4-1-3-8-7-11(17-13(8)9)12(15)10-5-2-6-16-10/h1,3-4,7,10,12H,2,5-6,15H2. The van der Waals surface area contributed by atoms with Crippen molar-refractivity contribution in [1.29, 1.82) is 0 Å². The maximum Gasteiger partial charge on any atom is 0.169 e. The fraction of sp³-hybridized carbons (Fsp3) is 0.385. The molecule has 1 aliphatic rings. The molecule has 1 fully saturated rings. The van der Waals surface area contributed by atoms with Gasteiger partial charge in [-0.15, -0.1) is 0 Å². The molecule has 1 aromatic heterocycles. The van der Waals surface area contributed by atoms with E-state index in [0.29, 0.717) is 5.76 Å². The Kier molecular flexibility index (Phi) is 2.61. The van der Waals surface area contributed by atoms with Crippen LogP contribution in [0.3, 0.4) is 0 Å². The third-order valence-electron chi connectivity index (χ3n) is 3.21. The van der Waals surface area contributed by atoms with Gasteiger partial charge in [0.2, 0.25) is 0 Å². The maximum atomic E-state index is 13.5. The van der Waals surface area contributed by atoms with E-state index in [1.165, 1.54) is 6.07 Å². The van der Waals surface area contributed by atoms with E-state index < -0.39 is 0 Å². The summed E-state index contributed by atoms with van der Waals surface area (Å²) in [5.74, 6) is 0.241. The van der Waals surface area contributed by atoms with Gasteiger partial charge >= 0.3 is 0 Å². The number of nitrogens with two attached hydrogens (primary N) is 1. The zero-order chi connectivity index (χ0) is 11.8. The van der Waals surface area contributed by atoms with Crippen LogP contribution in [-0.2, 0) is 4.74 Å². The average Bonchev–Trinajstić information content (AvgIpc) is 2.98. The van der Waals surface area contributed by atoms with Crippen LogP contribution in [0.2, 0.25) is 0 Å². The SMILES string of the molecule is NC(c1cc2cccc(F)c2o1)C1CCCO1. The van der Waals surface area contributed by atoms with Crippen molar-refractivity contribution in [3.63, 3.8) is 0 Å². The normalized spacial score (nSPS) is 22.1. The number of fused-ring (bicyclic) bond motifs is 1. The molecule has 0 bridgehead atoms. The molecule has 3 nitrogen and oxygen atoms in total. The number of benzene rings is 1. The van der Waals surface area contributed by atoms with Crippen molar-refractivity contribution in [3.05, 3.63) is 35.8 Å². The van der Waals surface area contributed by atoms with Crippen LogP contribution in [0.1, 0.15) is 24.6 Å². The highest BCUT2D eigenvalue weighted by molar-refractivity contribution is 5.78. The zero-order valence-electron chi connectivity index (χ0n) is 9.36. The molecule has 0 amide bonds. The summed E-state index contributed by atoms with van der Waals surface area (Å²) < 4.78 is 24.5. The van der Waals surface area contributed by atoms with Gasteiger partial charge in [0.15, 0.2) is 11.4 Å². The van der Waals surface area contributed by atoms with E-state index in [0.717, 1.165) is 24.8 Å². The molecule has 1 aliphatic heterocycles. The molecule has 2 unspecified atom stereocenters. The van der Waals surface area contributed by atoms with Crippen LogP contribution in [0, 0.1) is 5.82 Å². The highest BCUT2D eigenvalue weighted by atomic mass is 19.1. The molecule has 1 aromatic carbocycles. The number of hydrogen-bond acceptors (Lipinski definition) is 3. The Morgan fingerprint density at radius 2 is 2.29 bits per heavy atom. The number of halogens is 1. The monoisotopic (exact) mass is 235 g/mol. The van der Waals surface area contributed by atoms with E-state index in [1.54, 1.807) is 12.1 Å². The topological polar surface area (TPSA) is 48.4 Å². The van der Waals surface area contributed by atoms with Gasteiger partial charge < -0.3 is 14.9 Å². The van der Waals surface area contributed by atoms with Crippen LogP contribution < -0.4 is 5.73 Å². The van der Waals surface area contributed by atoms with E-state index >= 15 is 0 Å². The molecule has 2 aromatic rings. The van der Waals surface area contributed by atoms with Gasteiger partial charge in [0.25, 0.3) is 0 Å². The molecule has 1 saturated heterocycles. The van der Waals surface area contributed by atoms with Gasteiger partial charge in [-0.05, 0) is 25.0 Å². The third-order valence-corrected chi connectivity index (χ3v) is 3.21. The second-order valence-corrected chi connectivity index (χ2v) is 4.38. The van der Waals surface area contributed by atoms with Crippen molar-refractivity contribution in [2.24, 2.45) is 5.73 Å². The molecule has 17 heavy (non-hydrogen) atoms. The lowest BCUT2D eigenvalue weighted by atomic mass is 10.1.